The van der Waals surface area contributed by atoms with Crippen molar-refractivity contribution in [1.29, 1.82) is 0 Å². The van der Waals surface area contributed by atoms with E-state index in [2.05, 4.69) is 29.5 Å². The van der Waals surface area contributed by atoms with Crippen LogP contribution in [-0.4, -0.2) is 36.0 Å². The van der Waals surface area contributed by atoms with E-state index < -0.39 is 0 Å². The summed E-state index contributed by atoms with van der Waals surface area (Å²) in [4.78, 5) is 15.2. The summed E-state index contributed by atoms with van der Waals surface area (Å²) < 4.78 is 0. The summed E-state index contributed by atoms with van der Waals surface area (Å²) in [5.41, 5.74) is 0.104. The Morgan fingerprint density at radius 3 is 3.00 bits per heavy atom. The number of amidine groups is 1. The minimum Gasteiger partial charge on any atom is -0.360 e. The van der Waals surface area contributed by atoms with E-state index in [1.807, 2.05) is 0 Å². The van der Waals surface area contributed by atoms with Gasteiger partial charge < -0.3 is 10.6 Å². The largest absolute Gasteiger partial charge is 0.360 e. The maximum atomic E-state index is 11.0. The van der Waals surface area contributed by atoms with Gasteiger partial charge in [0.1, 0.15) is 6.54 Å². The predicted molar refractivity (Wildman–Crippen MR) is 60.7 cm³/mol. The summed E-state index contributed by atoms with van der Waals surface area (Å²) in [6, 6.07) is 0. The van der Waals surface area contributed by atoms with Gasteiger partial charge in [-0.05, 0) is 20.3 Å². The van der Waals surface area contributed by atoms with Gasteiger partial charge in [-0.15, -0.1) is 0 Å². The molecule has 0 spiro atoms. The quantitative estimate of drug-likeness (QED) is 0.709. The number of aliphatic imine (C=N–C) groups is 1. The Kier molecular flexibility index (Phi) is 3.80. The highest BCUT2D eigenvalue weighted by Crippen LogP contribution is 2.21. The van der Waals surface area contributed by atoms with E-state index in [0.717, 1.165) is 17.3 Å². The van der Waals surface area contributed by atoms with Crippen LogP contribution in [0.1, 0.15) is 20.3 Å². The van der Waals surface area contributed by atoms with Gasteiger partial charge in [-0.1, -0.05) is 11.8 Å². The van der Waals surface area contributed by atoms with Crippen LogP contribution in [0.2, 0.25) is 0 Å². The number of hydrogen-bond donors (Lipinski definition) is 2. The fourth-order valence-corrected chi connectivity index (χ4v) is 2.41. The number of amides is 1. The Morgan fingerprint density at radius 1 is 1.71 bits per heavy atom. The summed E-state index contributed by atoms with van der Waals surface area (Å²) in [7, 11) is 1.62. The Labute approximate surface area is 88.9 Å². The minimum absolute atomic E-state index is 0.0525. The molecule has 1 amide bonds. The molecule has 1 heterocycles. The van der Waals surface area contributed by atoms with Crippen LogP contribution in [-0.2, 0) is 4.79 Å². The Bertz CT molecular complexity index is 250. The number of carbonyl (C=O) groups excluding carboxylic acids is 1. The molecule has 0 aromatic rings. The Balaban J connectivity index is 2.47. The van der Waals surface area contributed by atoms with E-state index in [-0.39, 0.29) is 18.0 Å². The third-order valence-corrected chi connectivity index (χ3v) is 2.97. The number of likely N-dealkylation sites (N-methyl/N-ethyl adjacent to an activating group) is 1. The Morgan fingerprint density at radius 2 is 2.43 bits per heavy atom. The zero-order valence-electron chi connectivity index (χ0n) is 8.89. The van der Waals surface area contributed by atoms with Crippen molar-refractivity contribution in [2.24, 2.45) is 4.99 Å². The predicted octanol–water partition coefficient (Wildman–Crippen LogP) is 0.593. The number of thioether (sulfide) groups is 1. The van der Waals surface area contributed by atoms with E-state index >= 15 is 0 Å². The third kappa shape index (κ3) is 3.57. The second-order valence-corrected chi connectivity index (χ2v) is 4.99. The zero-order valence-corrected chi connectivity index (χ0v) is 9.70. The lowest BCUT2D eigenvalue weighted by atomic mass is 10.0. The third-order valence-electron chi connectivity index (χ3n) is 2.06. The van der Waals surface area contributed by atoms with Crippen molar-refractivity contribution in [1.82, 2.24) is 10.6 Å². The van der Waals surface area contributed by atoms with Crippen LogP contribution in [0, 0.1) is 0 Å². The van der Waals surface area contributed by atoms with Crippen LogP contribution in [0.25, 0.3) is 0 Å². The number of rotatable bonds is 2. The van der Waals surface area contributed by atoms with E-state index in [1.165, 1.54) is 0 Å². The van der Waals surface area contributed by atoms with Crippen molar-refractivity contribution in [2.75, 3.05) is 19.3 Å². The van der Waals surface area contributed by atoms with Crippen molar-refractivity contribution in [3.05, 3.63) is 0 Å². The summed E-state index contributed by atoms with van der Waals surface area (Å²) in [5, 5.41) is 6.73. The lowest BCUT2D eigenvalue weighted by Gasteiger charge is -2.32. The molecule has 0 aromatic carbocycles. The molecule has 1 saturated heterocycles. The number of carbonyl (C=O) groups is 1. The molecule has 5 heteroatoms. The summed E-state index contributed by atoms with van der Waals surface area (Å²) >= 11 is 1.68. The van der Waals surface area contributed by atoms with Crippen LogP contribution < -0.4 is 10.6 Å². The van der Waals surface area contributed by atoms with E-state index in [4.69, 9.17) is 0 Å². The number of nitrogens with one attached hydrogen (secondary N) is 2. The SMILES string of the molecule is CNC(=O)CN=C1NC(C)(C)CCS1. The highest BCUT2D eigenvalue weighted by molar-refractivity contribution is 8.13. The van der Waals surface area contributed by atoms with Gasteiger partial charge in [-0.25, -0.2) is 0 Å². The smallest absolute Gasteiger partial charge is 0.241 e. The molecule has 1 aliphatic rings. The van der Waals surface area contributed by atoms with Crippen molar-refractivity contribution in [2.45, 2.75) is 25.8 Å². The molecule has 1 fully saturated rings. The lowest BCUT2D eigenvalue weighted by Crippen LogP contribution is -2.46. The molecule has 0 atom stereocenters. The van der Waals surface area contributed by atoms with Crippen molar-refractivity contribution in [3.8, 4) is 0 Å². The topological polar surface area (TPSA) is 53.5 Å². The summed E-state index contributed by atoms with van der Waals surface area (Å²) in [6.07, 6.45) is 1.12. The van der Waals surface area contributed by atoms with Crippen LogP contribution in [0.15, 0.2) is 4.99 Å². The maximum Gasteiger partial charge on any atom is 0.241 e. The molecule has 1 rings (SSSR count). The van der Waals surface area contributed by atoms with Crippen LogP contribution in [0.4, 0.5) is 0 Å². The van der Waals surface area contributed by atoms with E-state index in [9.17, 15) is 4.79 Å². The highest BCUT2D eigenvalue weighted by Gasteiger charge is 2.24. The van der Waals surface area contributed by atoms with Crippen molar-refractivity contribution < 1.29 is 4.79 Å². The normalized spacial score (nSPS) is 22.9. The van der Waals surface area contributed by atoms with E-state index in [0.29, 0.717) is 0 Å². The molecule has 0 bridgehead atoms. The molecule has 2 N–H and O–H groups in total. The first-order valence-electron chi connectivity index (χ1n) is 4.69. The maximum absolute atomic E-state index is 11.0. The molecule has 0 aliphatic carbocycles. The summed E-state index contributed by atoms with van der Waals surface area (Å²) in [6.45, 7) is 4.49. The molecule has 1 aliphatic heterocycles. The fraction of sp³-hybridized carbons (Fsp3) is 0.778. The van der Waals surface area contributed by atoms with Crippen LogP contribution in [0.3, 0.4) is 0 Å². The second kappa shape index (κ2) is 4.68. The van der Waals surface area contributed by atoms with Gasteiger partial charge >= 0.3 is 0 Å². The fourth-order valence-electron chi connectivity index (χ4n) is 1.10. The highest BCUT2D eigenvalue weighted by atomic mass is 32.2. The van der Waals surface area contributed by atoms with Gasteiger partial charge in [0.15, 0.2) is 5.17 Å². The standard InChI is InChI=1S/C9H17N3OS/c1-9(2)4-5-14-8(12-9)11-6-7(13)10-3/h4-6H2,1-3H3,(H,10,13)(H,11,12). The molecule has 14 heavy (non-hydrogen) atoms. The molecule has 4 nitrogen and oxygen atoms in total. The molecule has 0 saturated carbocycles. The molecular formula is C9H17N3OS. The van der Waals surface area contributed by atoms with Gasteiger partial charge in [0, 0.05) is 18.3 Å². The monoisotopic (exact) mass is 215 g/mol. The summed E-state index contributed by atoms with van der Waals surface area (Å²) in [5.74, 6) is 1.01. The van der Waals surface area contributed by atoms with Gasteiger partial charge in [-0.2, -0.15) is 0 Å². The first-order valence-corrected chi connectivity index (χ1v) is 5.68. The first kappa shape index (κ1) is 11.4. The first-order chi connectivity index (χ1) is 6.53. The number of nitrogens with zero attached hydrogens (tertiary/aromatic N) is 1. The molecule has 0 unspecified atom stereocenters. The van der Waals surface area contributed by atoms with Gasteiger partial charge in [0.2, 0.25) is 5.91 Å². The van der Waals surface area contributed by atoms with Crippen LogP contribution >= 0.6 is 11.8 Å². The molecule has 0 aromatic heterocycles. The Hall–Kier alpha value is -0.710. The molecule has 80 valence electrons. The molecule has 0 radical (unpaired) electrons. The van der Waals surface area contributed by atoms with Crippen molar-refractivity contribution >= 4 is 22.8 Å². The van der Waals surface area contributed by atoms with Gasteiger partial charge in [0.05, 0.1) is 0 Å². The van der Waals surface area contributed by atoms with Gasteiger partial charge in [0.25, 0.3) is 0 Å². The minimum atomic E-state index is -0.0525. The zero-order chi connectivity index (χ0) is 10.6. The van der Waals surface area contributed by atoms with Crippen LogP contribution in [0.5, 0.6) is 0 Å². The lowest BCUT2D eigenvalue weighted by molar-refractivity contribution is -0.119. The number of hydrogen-bond acceptors (Lipinski definition) is 3. The average Bonchev–Trinajstić information content (AvgIpc) is 2.12. The van der Waals surface area contributed by atoms with Crippen molar-refractivity contribution in [3.63, 3.8) is 0 Å². The van der Waals surface area contributed by atoms with Gasteiger partial charge in [-0.3, -0.25) is 9.79 Å². The van der Waals surface area contributed by atoms with E-state index in [1.54, 1.807) is 18.8 Å². The average molecular weight is 215 g/mol. The second-order valence-electron chi connectivity index (χ2n) is 3.90. The molecular weight excluding hydrogens is 198 g/mol.